The summed E-state index contributed by atoms with van der Waals surface area (Å²) in [6.45, 7) is 0.711. The number of nitrogens with one attached hydrogen (secondary N) is 1. The SMILES string of the molecule is CNc1cccc(C=CCCN)c1. The van der Waals surface area contributed by atoms with E-state index in [0.717, 1.165) is 12.1 Å². The molecule has 2 nitrogen and oxygen atoms in total. The van der Waals surface area contributed by atoms with Crippen molar-refractivity contribution in [3.8, 4) is 0 Å². The molecule has 0 amide bonds. The number of hydrogen-bond donors (Lipinski definition) is 2. The van der Waals surface area contributed by atoms with Gasteiger partial charge in [-0.1, -0.05) is 24.3 Å². The Labute approximate surface area is 79.5 Å². The highest BCUT2D eigenvalue weighted by molar-refractivity contribution is 5.56. The zero-order valence-corrected chi connectivity index (χ0v) is 7.96. The van der Waals surface area contributed by atoms with E-state index in [0.29, 0.717) is 6.54 Å². The smallest absolute Gasteiger partial charge is 0.0343 e. The van der Waals surface area contributed by atoms with E-state index in [1.165, 1.54) is 5.56 Å². The van der Waals surface area contributed by atoms with Gasteiger partial charge in [0.25, 0.3) is 0 Å². The van der Waals surface area contributed by atoms with Crippen LogP contribution >= 0.6 is 0 Å². The van der Waals surface area contributed by atoms with Crippen molar-refractivity contribution in [2.75, 3.05) is 18.9 Å². The molecule has 2 heteroatoms. The monoisotopic (exact) mass is 176 g/mol. The lowest BCUT2D eigenvalue weighted by atomic mass is 10.2. The third-order valence-electron chi connectivity index (χ3n) is 1.82. The molecule has 0 bridgehead atoms. The van der Waals surface area contributed by atoms with Crippen LogP contribution in [0, 0.1) is 0 Å². The molecule has 0 saturated heterocycles. The Morgan fingerprint density at radius 2 is 2.31 bits per heavy atom. The van der Waals surface area contributed by atoms with Gasteiger partial charge in [0.2, 0.25) is 0 Å². The van der Waals surface area contributed by atoms with Crippen LogP contribution in [0.3, 0.4) is 0 Å². The molecule has 0 aliphatic rings. The van der Waals surface area contributed by atoms with E-state index in [1.807, 2.05) is 19.2 Å². The Morgan fingerprint density at radius 1 is 1.46 bits per heavy atom. The van der Waals surface area contributed by atoms with Crippen molar-refractivity contribution in [3.05, 3.63) is 35.9 Å². The van der Waals surface area contributed by atoms with Crippen LogP contribution in [0.2, 0.25) is 0 Å². The minimum absolute atomic E-state index is 0.711. The number of rotatable bonds is 4. The Balaban J connectivity index is 2.66. The summed E-state index contributed by atoms with van der Waals surface area (Å²) in [6.07, 6.45) is 5.12. The lowest BCUT2D eigenvalue weighted by Gasteiger charge is -2.00. The normalized spacial score (nSPS) is 10.6. The maximum absolute atomic E-state index is 5.39. The zero-order valence-electron chi connectivity index (χ0n) is 7.96. The van der Waals surface area contributed by atoms with Gasteiger partial charge in [-0.15, -0.1) is 0 Å². The molecule has 0 saturated carbocycles. The second-order valence-corrected chi connectivity index (χ2v) is 2.86. The number of anilines is 1. The van der Waals surface area contributed by atoms with Crippen molar-refractivity contribution < 1.29 is 0 Å². The summed E-state index contributed by atoms with van der Waals surface area (Å²) < 4.78 is 0. The Kier molecular flexibility index (Phi) is 4.06. The predicted molar refractivity (Wildman–Crippen MR) is 58.7 cm³/mol. The summed E-state index contributed by atoms with van der Waals surface area (Å²) in [7, 11) is 1.92. The fourth-order valence-corrected chi connectivity index (χ4v) is 1.11. The summed E-state index contributed by atoms with van der Waals surface area (Å²) in [5, 5.41) is 3.10. The first-order valence-corrected chi connectivity index (χ1v) is 4.51. The minimum atomic E-state index is 0.711. The average Bonchev–Trinajstić information content (AvgIpc) is 2.19. The fraction of sp³-hybridized carbons (Fsp3) is 0.273. The molecule has 0 atom stereocenters. The van der Waals surface area contributed by atoms with Crippen LogP contribution in [-0.4, -0.2) is 13.6 Å². The highest BCUT2D eigenvalue weighted by Gasteiger charge is 1.88. The maximum atomic E-state index is 5.39. The highest BCUT2D eigenvalue weighted by Crippen LogP contribution is 2.10. The molecule has 1 aromatic rings. The van der Waals surface area contributed by atoms with Crippen molar-refractivity contribution in [1.82, 2.24) is 0 Å². The third-order valence-corrected chi connectivity index (χ3v) is 1.82. The molecule has 0 unspecified atom stereocenters. The molecule has 1 aromatic carbocycles. The Bertz CT molecular complexity index is 279. The minimum Gasteiger partial charge on any atom is -0.388 e. The molecule has 0 aliphatic heterocycles. The molecule has 70 valence electrons. The molecule has 0 radical (unpaired) electrons. The Hall–Kier alpha value is -1.28. The molecule has 0 spiro atoms. The molecular weight excluding hydrogens is 160 g/mol. The summed E-state index contributed by atoms with van der Waals surface area (Å²) in [4.78, 5) is 0. The van der Waals surface area contributed by atoms with E-state index in [4.69, 9.17) is 5.73 Å². The molecule has 1 rings (SSSR count). The number of hydrogen-bond acceptors (Lipinski definition) is 2. The summed E-state index contributed by atoms with van der Waals surface area (Å²) in [5.74, 6) is 0. The van der Waals surface area contributed by atoms with E-state index >= 15 is 0 Å². The van der Waals surface area contributed by atoms with E-state index in [1.54, 1.807) is 0 Å². The molecule has 3 N–H and O–H groups in total. The lowest BCUT2D eigenvalue weighted by Crippen LogP contribution is -1.95. The van der Waals surface area contributed by atoms with Crippen LogP contribution in [0.4, 0.5) is 5.69 Å². The molecule has 0 fully saturated rings. The topological polar surface area (TPSA) is 38.0 Å². The summed E-state index contributed by atoms with van der Waals surface area (Å²) >= 11 is 0. The van der Waals surface area contributed by atoms with Gasteiger partial charge in [0, 0.05) is 12.7 Å². The second-order valence-electron chi connectivity index (χ2n) is 2.86. The van der Waals surface area contributed by atoms with Crippen molar-refractivity contribution in [2.45, 2.75) is 6.42 Å². The third kappa shape index (κ3) is 3.30. The standard InChI is InChI=1S/C11H16N2/c1-13-11-7-4-6-10(9-11)5-2-3-8-12/h2,4-7,9,13H,3,8,12H2,1H3. The van der Waals surface area contributed by atoms with Gasteiger partial charge in [-0.3, -0.25) is 0 Å². The van der Waals surface area contributed by atoms with Crippen molar-refractivity contribution >= 4 is 11.8 Å². The van der Waals surface area contributed by atoms with Gasteiger partial charge < -0.3 is 11.1 Å². The van der Waals surface area contributed by atoms with Gasteiger partial charge in [0.05, 0.1) is 0 Å². The maximum Gasteiger partial charge on any atom is 0.0343 e. The number of nitrogens with two attached hydrogens (primary N) is 1. The molecule has 0 heterocycles. The predicted octanol–water partition coefficient (Wildman–Crippen LogP) is 2.09. The van der Waals surface area contributed by atoms with Crippen molar-refractivity contribution in [3.63, 3.8) is 0 Å². The van der Waals surface area contributed by atoms with E-state index in [9.17, 15) is 0 Å². The fourth-order valence-electron chi connectivity index (χ4n) is 1.11. The van der Waals surface area contributed by atoms with Crippen LogP contribution in [0.15, 0.2) is 30.3 Å². The lowest BCUT2D eigenvalue weighted by molar-refractivity contribution is 1.01. The van der Waals surface area contributed by atoms with Gasteiger partial charge in [0.15, 0.2) is 0 Å². The average molecular weight is 176 g/mol. The van der Waals surface area contributed by atoms with Crippen molar-refractivity contribution in [1.29, 1.82) is 0 Å². The molecule has 0 aliphatic carbocycles. The van der Waals surface area contributed by atoms with Crippen LogP contribution in [0.25, 0.3) is 6.08 Å². The molecule has 0 aromatic heterocycles. The van der Waals surface area contributed by atoms with E-state index in [2.05, 4.69) is 29.6 Å². The first-order chi connectivity index (χ1) is 6.36. The molecular formula is C11H16N2. The zero-order chi connectivity index (χ0) is 9.52. The summed E-state index contributed by atoms with van der Waals surface area (Å²) in [6, 6.07) is 8.26. The van der Waals surface area contributed by atoms with Gasteiger partial charge in [0.1, 0.15) is 0 Å². The summed E-state index contributed by atoms with van der Waals surface area (Å²) in [5.41, 5.74) is 7.73. The number of benzene rings is 1. The first kappa shape index (κ1) is 9.81. The Morgan fingerprint density at radius 3 is 3.00 bits per heavy atom. The van der Waals surface area contributed by atoms with Crippen molar-refractivity contribution in [2.24, 2.45) is 5.73 Å². The van der Waals surface area contributed by atoms with Gasteiger partial charge in [-0.05, 0) is 30.7 Å². The van der Waals surface area contributed by atoms with Crippen LogP contribution in [0.1, 0.15) is 12.0 Å². The molecule has 13 heavy (non-hydrogen) atoms. The van der Waals surface area contributed by atoms with Gasteiger partial charge in [-0.2, -0.15) is 0 Å². The van der Waals surface area contributed by atoms with Crippen LogP contribution < -0.4 is 11.1 Å². The van der Waals surface area contributed by atoms with Crippen LogP contribution in [-0.2, 0) is 0 Å². The van der Waals surface area contributed by atoms with Gasteiger partial charge >= 0.3 is 0 Å². The quantitative estimate of drug-likeness (QED) is 0.737. The van der Waals surface area contributed by atoms with E-state index < -0.39 is 0 Å². The van der Waals surface area contributed by atoms with E-state index in [-0.39, 0.29) is 0 Å². The first-order valence-electron chi connectivity index (χ1n) is 4.51. The van der Waals surface area contributed by atoms with Crippen LogP contribution in [0.5, 0.6) is 0 Å². The van der Waals surface area contributed by atoms with Gasteiger partial charge in [-0.25, -0.2) is 0 Å². The largest absolute Gasteiger partial charge is 0.388 e. The second kappa shape index (κ2) is 5.38. The highest BCUT2D eigenvalue weighted by atomic mass is 14.8.